The lowest BCUT2D eigenvalue weighted by atomic mass is 10.2. The van der Waals surface area contributed by atoms with Crippen molar-refractivity contribution in [2.75, 3.05) is 5.32 Å². The van der Waals surface area contributed by atoms with Gasteiger partial charge in [0.2, 0.25) is 0 Å². The first kappa shape index (κ1) is 14.1. The summed E-state index contributed by atoms with van der Waals surface area (Å²) in [6, 6.07) is 21.9. The van der Waals surface area contributed by atoms with E-state index in [0.717, 1.165) is 22.9 Å². The Labute approximate surface area is 130 Å². The molecule has 3 aromatic rings. The monoisotopic (exact) mass is 290 g/mol. The van der Waals surface area contributed by atoms with Gasteiger partial charge in [0.25, 0.3) is 0 Å². The molecular weight excluding hydrogens is 272 g/mol. The number of hydrogen-bond acceptors (Lipinski definition) is 3. The summed E-state index contributed by atoms with van der Waals surface area (Å²) in [7, 11) is 0. The Morgan fingerprint density at radius 2 is 1.73 bits per heavy atom. The maximum Gasteiger partial charge on any atom is 0.127 e. The Hall–Kier alpha value is -2.81. The maximum absolute atomic E-state index is 5.85. The van der Waals surface area contributed by atoms with Crippen molar-refractivity contribution in [1.82, 2.24) is 4.98 Å². The topological polar surface area (TPSA) is 34.2 Å². The molecule has 0 bridgehead atoms. The van der Waals surface area contributed by atoms with Gasteiger partial charge >= 0.3 is 0 Å². The summed E-state index contributed by atoms with van der Waals surface area (Å²) in [5, 5.41) is 3.33. The van der Waals surface area contributed by atoms with Crippen LogP contribution in [0.15, 0.2) is 72.9 Å². The van der Waals surface area contributed by atoms with Crippen molar-refractivity contribution in [2.24, 2.45) is 0 Å². The first-order chi connectivity index (χ1) is 10.8. The van der Waals surface area contributed by atoms with E-state index in [1.807, 2.05) is 66.9 Å². The lowest BCUT2D eigenvalue weighted by Crippen LogP contribution is -2.01. The molecule has 3 nitrogen and oxygen atoms in total. The molecule has 0 aliphatic rings. The standard InChI is InChI=1S/C19H18N2O/c1-15-10-11-20-19(12-15)21-14-16-6-5-9-18(13-16)22-17-7-3-2-4-8-17/h2-13H,14H2,1H3,(H,20,21). The highest BCUT2D eigenvalue weighted by Gasteiger charge is 2.00. The summed E-state index contributed by atoms with van der Waals surface area (Å²) < 4.78 is 5.85. The largest absolute Gasteiger partial charge is 0.457 e. The average molecular weight is 290 g/mol. The molecule has 0 saturated heterocycles. The molecule has 22 heavy (non-hydrogen) atoms. The number of aryl methyl sites for hydroxylation is 1. The third-order valence-corrected chi connectivity index (χ3v) is 3.27. The molecule has 0 aliphatic heterocycles. The third kappa shape index (κ3) is 3.85. The van der Waals surface area contributed by atoms with Crippen molar-refractivity contribution >= 4 is 5.82 Å². The van der Waals surface area contributed by atoms with Gasteiger partial charge in [-0.05, 0) is 54.4 Å². The van der Waals surface area contributed by atoms with E-state index in [1.165, 1.54) is 5.56 Å². The molecule has 3 rings (SSSR count). The fourth-order valence-electron chi connectivity index (χ4n) is 2.17. The van der Waals surface area contributed by atoms with Crippen molar-refractivity contribution in [2.45, 2.75) is 13.5 Å². The van der Waals surface area contributed by atoms with Crippen LogP contribution in [0, 0.1) is 6.92 Å². The molecule has 0 atom stereocenters. The second-order valence-corrected chi connectivity index (χ2v) is 5.13. The van der Waals surface area contributed by atoms with Crippen LogP contribution < -0.4 is 10.1 Å². The van der Waals surface area contributed by atoms with Crippen LogP contribution in [0.2, 0.25) is 0 Å². The van der Waals surface area contributed by atoms with Crippen LogP contribution in [0.25, 0.3) is 0 Å². The zero-order chi connectivity index (χ0) is 15.2. The SMILES string of the molecule is Cc1ccnc(NCc2cccc(Oc3ccccc3)c2)c1. The molecule has 0 radical (unpaired) electrons. The number of benzene rings is 2. The Balaban J connectivity index is 1.66. The van der Waals surface area contributed by atoms with Gasteiger partial charge in [-0.3, -0.25) is 0 Å². The van der Waals surface area contributed by atoms with Crippen molar-refractivity contribution in [3.05, 3.63) is 84.1 Å². The molecule has 0 aliphatic carbocycles. The maximum atomic E-state index is 5.85. The van der Waals surface area contributed by atoms with Gasteiger partial charge in [0.15, 0.2) is 0 Å². The molecule has 0 fully saturated rings. The normalized spacial score (nSPS) is 10.2. The summed E-state index contributed by atoms with van der Waals surface area (Å²) in [5.41, 5.74) is 2.34. The van der Waals surface area contributed by atoms with Crippen LogP contribution in [0.5, 0.6) is 11.5 Å². The van der Waals surface area contributed by atoms with E-state index in [2.05, 4.69) is 23.3 Å². The Morgan fingerprint density at radius 3 is 2.55 bits per heavy atom. The smallest absolute Gasteiger partial charge is 0.127 e. The van der Waals surface area contributed by atoms with E-state index in [-0.39, 0.29) is 0 Å². The minimum absolute atomic E-state index is 0.711. The first-order valence-corrected chi connectivity index (χ1v) is 7.28. The van der Waals surface area contributed by atoms with Crippen LogP contribution in [0.3, 0.4) is 0 Å². The predicted octanol–water partition coefficient (Wildman–Crippen LogP) is 4.79. The molecular formula is C19H18N2O. The quantitative estimate of drug-likeness (QED) is 0.733. The van der Waals surface area contributed by atoms with Gasteiger partial charge in [-0.25, -0.2) is 4.98 Å². The zero-order valence-electron chi connectivity index (χ0n) is 12.5. The number of aromatic nitrogens is 1. The summed E-state index contributed by atoms with van der Waals surface area (Å²) in [6.07, 6.45) is 1.81. The summed E-state index contributed by atoms with van der Waals surface area (Å²) in [4.78, 5) is 4.30. The molecule has 1 N–H and O–H groups in total. The number of nitrogens with one attached hydrogen (secondary N) is 1. The van der Waals surface area contributed by atoms with Crippen LogP contribution in [0.1, 0.15) is 11.1 Å². The van der Waals surface area contributed by atoms with E-state index in [0.29, 0.717) is 6.54 Å². The van der Waals surface area contributed by atoms with Gasteiger partial charge in [0.05, 0.1) is 0 Å². The number of rotatable bonds is 5. The fraction of sp³-hybridized carbons (Fsp3) is 0.105. The minimum Gasteiger partial charge on any atom is -0.457 e. The summed E-state index contributed by atoms with van der Waals surface area (Å²) in [6.45, 7) is 2.77. The predicted molar refractivity (Wildman–Crippen MR) is 89.3 cm³/mol. The van der Waals surface area contributed by atoms with Crippen LogP contribution >= 0.6 is 0 Å². The molecule has 0 amide bonds. The molecule has 0 spiro atoms. The van der Waals surface area contributed by atoms with E-state index in [4.69, 9.17) is 4.74 Å². The molecule has 2 aromatic carbocycles. The number of hydrogen-bond donors (Lipinski definition) is 1. The Morgan fingerprint density at radius 1 is 0.909 bits per heavy atom. The van der Waals surface area contributed by atoms with Crippen LogP contribution in [0.4, 0.5) is 5.82 Å². The molecule has 1 heterocycles. The van der Waals surface area contributed by atoms with Gasteiger partial charge in [-0.1, -0.05) is 30.3 Å². The third-order valence-electron chi connectivity index (χ3n) is 3.27. The molecule has 1 aromatic heterocycles. The molecule has 0 unspecified atom stereocenters. The Kier molecular flexibility index (Phi) is 4.35. The second kappa shape index (κ2) is 6.76. The summed E-state index contributed by atoms with van der Waals surface area (Å²) in [5.74, 6) is 2.56. The van der Waals surface area contributed by atoms with Gasteiger partial charge in [-0.15, -0.1) is 0 Å². The number of ether oxygens (including phenoxy) is 1. The number of pyridine rings is 1. The zero-order valence-corrected chi connectivity index (χ0v) is 12.5. The highest BCUT2D eigenvalue weighted by atomic mass is 16.5. The first-order valence-electron chi connectivity index (χ1n) is 7.28. The van der Waals surface area contributed by atoms with Gasteiger partial charge in [0, 0.05) is 12.7 Å². The van der Waals surface area contributed by atoms with E-state index < -0.39 is 0 Å². The van der Waals surface area contributed by atoms with E-state index >= 15 is 0 Å². The molecule has 3 heteroatoms. The molecule has 110 valence electrons. The van der Waals surface area contributed by atoms with E-state index in [9.17, 15) is 0 Å². The number of anilines is 1. The van der Waals surface area contributed by atoms with Crippen LogP contribution in [-0.4, -0.2) is 4.98 Å². The second-order valence-electron chi connectivity index (χ2n) is 5.13. The van der Waals surface area contributed by atoms with Crippen molar-refractivity contribution in [3.8, 4) is 11.5 Å². The van der Waals surface area contributed by atoms with Crippen molar-refractivity contribution < 1.29 is 4.74 Å². The van der Waals surface area contributed by atoms with Gasteiger partial charge in [-0.2, -0.15) is 0 Å². The number of nitrogens with zero attached hydrogens (tertiary/aromatic N) is 1. The highest BCUT2D eigenvalue weighted by molar-refractivity contribution is 5.39. The fourth-order valence-corrected chi connectivity index (χ4v) is 2.17. The minimum atomic E-state index is 0.711. The summed E-state index contributed by atoms with van der Waals surface area (Å²) >= 11 is 0. The lowest BCUT2D eigenvalue weighted by molar-refractivity contribution is 0.482. The average Bonchev–Trinajstić information content (AvgIpc) is 2.54. The van der Waals surface area contributed by atoms with Gasteiger partial charge < -0.3 is 10.1 Å². The van der Waals surface area contributed by atoms with E-state index in [1.54, 1.807) is 0 Å². The Bertz CT molecular complexity index is 741. The van der Waals surface area contributed by atoms with Crippen LogP contribution in [-0.2, 0) is 6.54 Å². The van der Waals surface area contributed by atoms with Crippen molar-refractivity contribution in [3.63, 3.8) is 0 Å². The highest BCUT2D eigenvalue weighted by Crippen LogP contribution is 2.22. The molecule has 0 saturated carbocycles. The van der Waals surface area contributed by atoms with Gasteiger partial charge in [0.1, 0.15) is 17.3 Å². The number of para-hydroxylation sites is 1. The lowest BCUT2D eigenvalue weighted by Gasteiger charge is -2.09. The van der Waals surface area contributed by atoms with Crippen molar-refractivity contribution in [1.29, 1.82) is 0 Å².